The summed E-state index contributed by atoms with van der Waals surface area (Å²) in [7, 11) is 2.88. The van der Waals surface area contributed by atoms with E-state index in [0.717, 1.165) is 0 Å². The minimum atomic E-state index is -0.0627. The van der Waals surface area contributed by atoms with Crippen molar-refractivity contribution in [2.24, 2.45) is 0 Å². The lowest BCUT2D eigenvalue weighted by molar-refractivity contribution is 0.340. The van der Waals surface area contributed by atoms with E-state index in [1.54, 1.807) is 18.4 Å². The molecule has 0 aromatic heterocycles. The maximum atomic E-state index is 10.0. The van der Waals surface area contributed by atoms with Crippen molar-refractivity contribution < 1.29 is 19.4 Å². The number of hydrogen-bond acceptors (Lipinski definition) is 4. The van der Waals surface area contributed by atoms with Gasteiger partial charge >= 0.3 is 6.29 Å². The largest absolute Gasteiger partial charge is 0.502 e. The van der Waals surface area contributed by atoms with E-state index in [1.165, 1.54) is 26.4 Å². The molecule has 0 fully saturated rings. The Morgan fingerprint density at radius 1 is 1.27 bits per heavy atom. The quantitative estimate of drug-likeness (QED) is 0.601. The lowest BCUT2D eigenvalue weighted by atomic mass is 10.1. The Kier molecular flexibility index (Phi) is 3.66. The zero-order valence-corrected chi connectivity index (χ0v) is 8.48. The van der Waals surface area contributed by atoms with Crippen LogP contribution in [-0.4, -0.2) is 25.6 Å². The first kappa shape index (κ1) is 11.0. The van der Waals surface area contributed by atoms with E-state index in [-0.39, 0.29) is 5.75 Å². The van der Waals surface area contributed by atoms with E-state index in [0.29, 0.717) is 17.1 Å². The minimum absolute atomic E-state index is 0.0627. The molecule has 0 spiro atoms. The molecule has 0 heterocycles. The van der Waals surface area contributed by atoms with Gasteiger partial charge in [0.15, 0.2) is 11.5 Å². The average molecular weight is 207 g/mol. The van der Waals surface area contributed by atoms with Crippen LogP contribution in [-0.2, 0) is 4.79 Å². The first-order valence-corrected chi connectivity index (χ1v) is 4.22. The van der Waals surface area contributed by atoms with Crippen molar-refractivity contribution in [1.82, 2.24) is 0 Å². The SMILES string of the molecule is COc1cc(/C=C/[C+]=O)cc(OC)c1O. The third-order valence-electron chi connectivity index (χ3n) is 1.85. The van der Waals surface area contributed by atoms with E-state index in [2.05, 4.69) is 0 Å². The molecule has 15 heavy (non-hydrogen) atoms. The Hall–Kier alpha value is -2.06. The maximum Gasteiger partial charge on any atom is 0.356 e. The summed E-state index contributed by atoms with van der Waals surface area (Å²) >= 11 is 0. The summed E-state index contributed by atoms with van der Waals surface area (Å²) in [5.41, 5.74) is 0.685. The Bertz CT molecular complexity index is 357. The molecule has 0 bridgehead atoms. The number of hydrogen-bond donors (Lipinski definition) is 1. The normalized spacial score (nSPS) is 10.0. The molecule has 1 N–H and O–H groups in total. The van der Waals surface area contributed by atoms with Crippen LogP contribution in [0.3, 0.4) is 0 Å². The second-order valence-corrected chi connectivity index (χ2v) is 2.73. The molecule has 1 aromatic carbocycles. The fourth-order valence-corrected chi connectivity index (χ4v) is 1.14. The van der Waals surface area contributed by atoms with Gasteiger partial charge in [0.2, 0.25) is 11.8 Å². The predicted octanol–water partition coefficient (Wildman–Crippen LogP) is 1.53. The molecule has 0 aliphatic carbocycles. The molecule has 0 radical (unpaired) electrons. The van der Waals surface area contributed by atoms with Crippen LogP contribution in [0.15, 0.2) is 18.2 Å². The molecule has 0 unspecified atom stereocenters. The second kappa shape index (κ2) is 4.98. The van der Waals surface area contributed by atoms with Crippen LogP contribution in [0.25, 0.3) is 6.08 Å². The van der Waals surface area contributed by atoms with E-state index in [9.17, 15) is 9.90 Å². The number of aromatic hydroxyl groups is 1. The smallest absolute Gasteiger partial charge is 0.356 e. The van der Waals surface area contributed by atoms with Crippen LogP contribution >= 0.6 is 0 Å². The van der Waals surface area contributed by atoms with Gasteiger partial charge in [0.25, 0.3) is 0 Å². The third kappa shape index (κ3) is 2.45. The Labute approximate surface area is 87.7 Å². The fourth-order valence-electron chi connectivity index (χ4n) is 1.14. The molecular formula is C11H11O4+. The van der Waals surface area contributed by atoms with Crippen LogP contribution in [0.5, 0.6) is 17.2 Å². The van der Waals surface area contributed by atoms with E-state index < -0.39 is 0 Å². The molecule has 78 valence electrons. The number of phenolic OH excluding ortho intramolecular Hbond substituents is 1. The van der Waals surface area contributed by atoms with Gasteiger partial charge in [0.1, 0.15) is 0 Å². The highest BCUT2D eigenvalue weighted by atomic mass is 16.5. The van der Waals surface area contributed by atoms with Crippen molar-refractivity contribution in [3.8, 4) is 17.2 Å². The zero-order chi connectivity index (χ0) is 11.3. The Balaban J connectivity index is 3.20. The second-order valence-electron chi connectivity index (χ2n) is 2.73. The van der Waals surface area contributed by atoms with Gasteiger partial charge in [-0.25, -0.2) is 0 Å². The van der Waals surface area contributed by atoms with Crippen LogP contribution in [0.1, 0.15) is 5.56 Å². The lowest BCUT2D eigenvalue weighted by Gasteiger charge is -2.07. The number of methoxy groups -OCH3 is 2. The van der Waals surface area contributed by atoms with Crippen molar-refractivity contribution >= 4 is 12.4 Å². The van der Waals surface area contributed by atoms with Gasteiger partial charge < -0.3 is 14.6 Å². The average Bonchev–Trinajstić information content (AvgIpc) is 2.27. The molecular weight excluding hydrogens is 196 g/mol. The first-order valence-electron chi connectivity index (χ1n) is 4.22. The molecule has 0 amide bonds. The van der Waals surface area contributed by atoms with E-state index in [1.807, 2.05) is 0 Å². The zero-order valence-electron chi connectivity index (χ0n) is 8.48. The van der Waals surface area contributed by atoms with Crippen molar-refractivity contribution in [2.75, 3.05) is 14.2 Å². The van der Waals surface area contributed by atoms with Gasteiger partial charge in [0.05, 0.1) is 25.9 Å². The summed E-state index contributed by atoms with van der Waals surface area (Å²) in [5, 5.41) is 9.59. The topological polar surface area (TPSA) is 55.8 Å². The molecule has 4 heteroatoms. The number of ether oxygens (including phenoxy) is 2. The molecule has 0 saturated heterocycles. The van der Waals surface area contributed by atoms with E-state index >= 15 is 0 Å². The van der Waals surface area contributed by atoms with Crippen molar-refractivity contribution in [1.29, 1.82) is 0 Å². The summed E-state index contributed by atoms with van der Waals surface area (Å²) in [6.07, 6.45) is 4.40. The number of allylic oxidation sites excluding steroid dienone is 1. The Morgan fingerprint density at radius 2 is 1.80 bits per heavy atom. The van der Waals surface area contributed by atoms with Crippen molar-refractivity contribution in [3.05, 3.63) is 23.8 Å². The van der Waals surface area contributed by atoms with Crippen LogP contribution in [0.4, 0.5) is 0 Å². The van der Waals surface area contributed by atoms with Gasteiger partial charge in [-0.15, -0.1) is 0 Å². The van der Waals surface area contributed by atoms with Gasteiger partial charge in [-0.3, -0.25) is 0 Å². The molecule has 0 aliphatic heterocycles. The van der Waals surface area contributed by atoms with Crippen LogP contribution < -0.4 is 9.47 Å². The number of rotatable bonds is 4. The lowest BCUT2D eigenvalue weighted by Crippen LogP contribution is -1.90. The van der Waals surface area contributed by atoms with Crippen LogP contribution in [0, 0.1) is 0 Å². The molecule has 0 saturated carbocycles. The van der Waals surface area contributed by atoms with Crippen LogP contribution in [0.2, 0.25) is 0 Å². The van der Waals surface area contributed by atoms with Gasteiger partial charge in [0, 0.05) is 12.1 Å². The Morgan fingerprint density at radius 3 is 2.20 bits per heavy atom. The molecule has 0 atom stereocenters. The summed E-state index contributed by atoms with van der Waals surface area (Å²) < 4.78 is 9.89. The molecule has 1 rings (SSSR count). The number of carbonyl (C=O) groups excluding carboxylic acids is 1. The van der Waals surface area contributed by atoms with E-state index in [4.69, 9.17) is 9.47 Å². The molecule has 0 aliphatic rings. The number of benzene rings is 1. The fraction of sp³-hybridized carbons (Fsp3) is 0.182. The van der Waals surface area contributed by atoms with Gasteiger partial charge in [-0.05, 0) is 0 Å². The summed E-state index contributed by atoms with van der Waals surface area (Å²) in [4.78, 5) is 10.0. The number of phenols is 1. The van der Waals surface area contributed by atoms with Crippen molar-refractivity contribution in [3.63, 3.8) is 0 Å². The first-order chi connectivity index (χ1) is 7.22. The van der Waals surface area contributed by atoms with Gasteiger partial charge in [-0.2, -0.15) is 0 Å². The molecule has 4 nitrogen and oxygen atoms in total. The summed E-state index contributed by atoms with van der Waals surface area (Å²) in [6, 6.07) is 3.18. The monoisotopic (exact) mass is 207 g/mol. The predicted molar refractivity (Wildman–Crippen MR) is 55.9 cm³/mol. The summed E-state index contributed by atoms with van der Waals surface area (Å²) in [6.45, 7) is 0. The molecule has 1 aromatic rings. The van der Waals surface area contributed by atoms with Crippen molar-refractivity contribution in [2.45, 2.75) is 0 Å². The maximum absolute atomic E-state index is 10.0. The minimum Gasteiger partial charge on any atom is -0.502 e. The standard InChI is InChI=1S/C11H10O4/c1-14-9-6-8(4-3-5-12)7-10(15-2)11(9)13/h3-4,6-7H,1-2H3/p+1. The summed E-state index contributed by atoms with van der Waals surface area (Å²) in [5.74, 6) is 0.520. The highest BCUT2D eigenvalue weighted by Gasteiger charge is 2.11. The van der Waals surface area contributed by atoms with Gasteiger partial charge in [-0.1, -0.05) is 4.79 Å². The highest BCUT2D eigenvalue weighted by molar-refractivity contribution is 5.75. The third-order valence-corrected chi connectivity index (χ3v) is 1.85. The highest BCUT2D eigenvalue weighted by Crippen LogP contribution is 2.37.